The number of nitrogens with zero attached hydrogens (tertiary/aromatic N) is 1. The summed E-state index contributed by atoms with van der Waals surface area (Å²) in [6.07, 6.45) is 5.31. The van der Waals surface area contributed by atoms with Crippen molar-refractivity contribution in [2.75, 3.05) is 34.4 Å². The van der Waals surface area contributed by atoms with E-state index in [-0.39, 0.29) is 5.91 Å². The summed E-state index contributed by atoms with van der Waals surface area (Å²) in [5, 5.41) is 0. The zero-order valence-corrected chi connectivity index (χ0v) is 19.1. The van der Waals surface area contributed by atoms with Crippen LogP contribution in [-0.2, 0) is 11.4 Å². The number of carbonyl (C=O) groups is 1. The molecule has 0 saturated carbocycles. The van der Waals surface area contributed by atoms with Crippen LogP contribution in [0, 0.1) is 0 Å². The number of hydrogen-bond donors (Lipinski definition) is 0. The maximum absolute atomic E-state index is 12.4. The van der Waals surface area contributed by atoms with Gasteiger partial charge in [0.25, 0.3) is 0 Å². The zero-order chi connectivity index (χ0) is 22.6. The summed E-state index contributed by atoms with van der Waals surface area (Å²) in [4.78, 5) is 14.3. The van der Waals surface area contributed by atoms with E-state index in [4.69, 9.17) is 18.9 Å². The molecule has 0 radical (unpaired) electrons. The second-order valence-electron chi connectivity index (χ2n) is 7.08. The smallest absolute Gasteiger partial charge is 0.246 e. The highest BCUT2D eigenvalue weighted by atomic mass is 16.5. The Kier molecular flexibility index (Phi) is 9.75. The fraction of sp³-hybridized carbons (Fsp3) is 0.400. The van der Waals surface area contributed by atoms with Gasteiger partial charge in [0.2, 0.25) is 5.91 Å². The van der Waals surface area contributed by atoms with Crippen LogP contribution in [0.1, 0.15) is 37.8 Å². The van der Waals surface area contributed by atoms with Crippen LogP contribution in [0.4, 0.5) is 0 Å². The van der Waals surface area contributed by atoms with Crippen molar-refractivity contribution in [1.82, 2.24) is 4.90 Å². The minimum Gasteiger partial charge on any atom is -0.497 e. The Morgan fingerprint density at radius 2 is 1.52 bits per heavy atom. The topological polar surface area (TPSA) is 57.2 Å². The van der Waals surface area contributed by atoms with Crippen molar-refractivity contribution in [3.63, 3.8) is 0 Å². The van der Waals surface area contributed by atoms with Crippen LogP contribution >= 0.6 is 0 Å². The van der Waals surface area contributed by atoms with Crippen LogP contribution in [0.5, 0.6) is 23.0 Å². The van der Waals surface area contributed by atoms with Gasteiger partial charge in [-0.05, 0) is 54.3 Å². The lowest BCUT2D eigenvalue weighted by atomic mass is 10.1. The Labute approximate surface area is 185 Å². The van der Waals surface area contributed by atoms with E-state index in [1.807, 2.05) is 41.3 Å². The van der Waals surface area contributed by atoms with Gasteiger partial charge in [-0.1, -0.05) is 19.9 Å². The minimum absolute atomic E-state index is 0.0231. The van der Waals surface area contributed by atoms with Gasteiger partial charge >= 0.3 is 0 Å². The molecule has 6 nitrogen and oxygen atoms in total. The minimum atomic E-state index is 0.0231. The number of ether oxygens (including phenoxy) is 4. The van der Waals surface area contributed by atoms with Crippen LogP contribution in [0.25, 0.3) is 6.08 Å². The van der Waals surface area contributed by atoms with Gasteiger partial charge in [0.05, 0.1) is 21.3 Å². The second-order valence-corrected chi connectivity index (χ2v) is 7.08. The Hall–Kier alpha value is -3.15. The number of rotatable bonds is 12. The molecule has 0 fully saturated rings. The number of benzene rings is 2. The molecule has 0 bridgehead atoms. The third kappa shape index (κ3) is 7.24. The number of hydrogen-bond acceptors (Lipinski definition) is 5. The van der Waals surface area contributed by atoms with Crippen molar-refractivity contribution in [2.45, 2.75) is 33.3 Å². The number of carbonyl (C=O) groups excluding carboxylic acids is 1. The molecular weight excluding hydrogens is 394 g/mol. The first-order chi connectivity index (χ1) is 15.0. The van der Waals surface area contributed by atoms with Crippen molar-refractivity contribution in [2.24, 2.45) is 0 Å². The Balaban J connectivity index is 2.10. The van der Waals surface area contributed by atoms with Crippen LogP contribution < -0.4 is 18.9 Å². The Morgan fingerprint density at radius 1 is 0.871 bits per heavy atom. The van der Waals surface area contributed by atoms with Crippen LogP contribution in [0.15, 0.2) is 42.5 Å². The van der Waals surface area contributed by atoms with Crippen molar-refractivity contribution < 1.29 is 23.7 Å². The lowest BCUT2D eigenvalue weighted by Crippen LogP contribution is -2.30. The number of amides is 1. The molecule has 2 rings (SSSR count). The molecule has 2 aromatic rings. The maximum Gasteiger partial charge on any atom is 0.246 e. The molecule has 31 heavy (non-hydrogen) atoms. The Morgan fingerprint density at radius 3 is 2.06 bits per heavy atom. The summed E-state index contributed by atoms with van der Waals surface area (Å²) < 4.78 is 22.1. The highest BCUT2D eigenvalue weighted by Crippen LogP contribution is 2.30. The summed E-state index contributed by atoms with van der Waals surface area (Å²) >= 11 is 0. The first kappa shape index (κ1) is 24.1. The standard InChI is InChI=1S/C25H33NO5/c1-6-12-26(13-7-2)25(27)11-9-19-8-10-23(24(16-19)30-5)31-18-20-14-21(28-3)17-22(15-20)29-4/h8-11,14-17H,6-7,12-13,18H2,1-5H3/b11-9+. The van der Waals surface area contributed by atoms with Gasteiger partial charge in [0, 0.05) is 25.2 Å². The maximum atomic E-state index is 12.4. The average Bonchev–Trinajstić information content (AvgIpc) is 2.80. The molecule has 0 atom stereocenters. The van der Waals surface area contributed by atoms with Crippen LogP contribution in [0.2, 0.25) is 0 Å². The predicted molar refractivity (Wildman–Crippen MR) is 123 cm³/mol. The highest BCUT2D eigenvalue weighted by molar-refractivity contribution is 5.91. The fourth-order valence-corrected chi connectivity index (χ4v) is 3.16. The van der Waals surface area contributed by atoms with E-state index in [0.717, 1.165) is 37.1 Å². The van der Waals surface area contributed by atoms with E-state index in [2.05, 4.69) is 13.8 Å². The summed E-state index contributed by atoms with van der Waals surface area (Å²) in [7, 11) is 4.83. The van der Waals surface area contributed by atoms with Gasteiger partial charge in [-0.25, -0.2) is 0 Å². The molecule has 1 amide bonds. The van der Waals surface area contributed by atoms with Gasteiger partial charge in [-0.3, -0.25) is 4.79 Å². The van der Waals surface area contributed by atoms with Crippen LogP contribution in [-0.4, -0.2) is 45.2 Å². The van der Waals surface area contributed by atoms with E-state index < -0.39 is 0 Å². The fourth-order valence-electron chi connectivity index (χ4n) is 3.16. The van der Waals surface area contributed by atoms with Gasteiger partial charge < -0.3 is 23.8 Å². The van der Waals surface area contributed by atoms with Crippen LogP contribution in [0.3, 0.4) is 0 Å². The highest BCUT2D eigenvalue weighted by Gasteiger charge is 2.10. The molecule has 168 valence electrons. The van der Waals surface area contributed by atoms with Gasteiger partial charge in [-0.15, -0.1) is 0 Å². The normalized spacial score (nSPS) is 10.7. The van der Waals surface area contributed by atoms with E-state index in [0.29, 0.717) is 29.6 Å². The van der Waals surface area contributed by atoms with Crippen molar-refractivity contribution in [3.8, 4) is 23.0 Å². The van der Waals surface area contributed by atoms with E-state index in [9.17, 15) is 4.79 Å². The molecule has 6 heteroatoms. The van der Waals surface area contributed by atoms with Gasteiger partial charge in [0.1, 0.15) is 18.1 Å². The first-order valence-electron chi connectivity index (χ1n) is 10.5. The van der Waals surface area contributed by atoms with Crippen molar-refractivity contribution in [1.29, 1.82) is 0 Å². The molecule has 0 saturated heterocycles. The third-order valence-corrected chi connectivity index (χ3v) is 4.71. The second kappa shape index (κ2) is 12.5. The largest absolute Gasteiger partial charge is 0.497 e. The van der Waals surface area contributed by atoms with Gasteiger partial charge in [-0.2, -0.15) is 0 Å². The van der Waals surface area contributed by atoms with Gasteiger partial charge in [0.15, 0.2) is 11.5 Å². The molecular formula is C25H33NO5. The SMILES string of the molecule is CCCN(CCC)C(=O)/C=C/c1ccc(OCc2cc(OC)cc(OC)c2)c(OC)c1. The van der Waals surface area contributed by atoms with E-state index in [1.165, 1.54) is 0 Å². The molecule has 0 aliphatic rings. The molecule has 0 spiro atoms. The van der Waals surface area contributed by atoms with Crippen molar-refractivity contribution >= 4 is 12.0 Å². The summed E-state index contributed by atoms with van der Waals surface area (Å²) in [5.74, 6) is 2.65. The quantitative estimate of drug-likeness (QED) is 0.449. The molecule has 0 unspecified atom stereocenters. The van der Waals surface area contributed by atoms with Crippen molar-refractivity contribution in [3.05, 3.63) is 53.6 Å². The van der Waals surface area contributed by atoms with E-state index >= 15 is 0 Å². The average molecular weight is 428 g/mol. The molecule has 0 aliphatic carbocycles. The first-order valence-corrected chi connectivity index (χ1v) is 10.5. The van der Waals surface area contributed by atoms with E-state index in [1.54, 1.807) is 33.5 Å². The lowest BCUT2D eigenvalue weighted by Gasteiger charge is -2.19. The summed E-state index contributed by atoms with van der Waals surface area (Å²) in [5.41, 5.74) is 1.79. The molecule has 0 aliphatic heterocycles. The third-order valence-electron chi connectivity index (χ3n) is 4.71. The summed E-state index contributed by atoms with van der Waals surface area (Å²) in [6, 6.07) is 11.2. The molecule has 2 aromatic carbocycles. The molecule has 0 heterocycles. The Bertz CT molecular complexity index is 850. The predicted octanol–water partition coefficient (Wildman–Crippen LogP) is 4.95. The lowest BCUT2D eigenvalue weighted by molar-refractivity contribution is -0.126. The monoisotopic (exact) mass is 427 g/mol. The number of methoxy groups -OCH3 is 3. The summed E-state index contributed by atoms with van der Waals surface area (Å²) in [6.45, 7) is 6.01. The molecule has 0 aromatic heterocycles. The molecule has 0 N–H and O–H groups in total. The zero-order valence-electron chi connectivity index (χ0n) is 19.1.